The molecule has 1 aliphatic heterocycles. The Morgan fingerprint density at radius 3 is 2.88 bits per heavy atom. The minimum atomic E-state index is -1.28. The molecule has 2 aromatic heterocycles. The second-order valence-electron chi connectivity index (χ2n) is 5.92. The maximum absolute atomic E-state index is 10.6. The van der Waals surface area contributed by atoms with Gasteiger partial charge in [0, 0.05) is 0 Å². The van der Waals surface area contributed by atoms with Gasteiger partial charge < -0.3 is 0 Å². The molecule has 0 bridgehead atoms. The molecule has 12 heteroatoms. The first kappa shape index (κ1) is 19.0. The van der Waals surface area contributed by atoms with Crippen LogP contribution in [0.5, 0.6) is 0 Å². The summed E-state index contributed by atoms with van der Waals surface area (Å²) in [6.07, 6.45) is -0.638. The Morgan fingerprint density at radius 2 is 2.15 bits per heavy atom. The van der Waals surface area contributed by atoms with E-state index in [4.69, 9.17) is 16.2 Å². The van der Waals surface area contributed by atoms with Gasteiger partial charge in [-0.25, -0.2) is 0 Å². The van der Waals surface area contributed by atoms with Crippen LogP contribution in [-0.2, 0) is 9.53 Å². The molecule has 0 saturated carbocycles. The van der Waals surface area contributed by atoms with Crippen molar-refractivity contribution < 1.29 is 24.9 Å². The first-order valence-electron chi connectivity index (χ1n) is 7.89. The summed E-state index contributed by atoms with van der Waals surface area (Å²) in [5.41, 5.74) is 11.9. The van der Waals surface area contributed by atoms with Gasteiger partial charge in [-0.1, -0.05) is 0 Å². The van der Waals surface area contributed by atoms with E-state index in [9.17, 15) is 20.1 Å². The summed E-state index contributed by atoms with van der Waals surface area (Å²) in [4.78, 5) is 22.7. The van der Waals surface area contributed by atoms with Gasteiger partial charge in [0.15, 0.2) is 0 Å². The number of rotatable bonds is 7. The fraction of sp³-hybridized carbons (Fsp3) is 0.571. The van der Waals surface area contributed by atoms with E-state index in [0.29, 0.717) is 28.2 Å². The van der Waals surface area contributed by atoms with E-state index in [1.807, 2.05) is 0 Å². The number of hydrogen-bond donors (Lipinski definition) is 4. The van der Waals surface area contributed by atoms with E-state index in [0.717, 1.165) is 0 Å². The number of carboxylic acid groups (broad SMARTS) is 1. The fourth-order valence-corrected chi connectivity index (χ4v) is 4.98. The molecular weight excluding hydrogens is 411 g/mol. The second kappa shape index (κ2) is 7.82. The van der Waals surface area contributed by atoms with E-state index >= 15 is 0 Å². The normalized spacial score (nSPS) is 27.0. The molecule has 26 heavy (non-hydrogen) atoms. The third-order valence-electron chi connectivity index (χ3n) is 4.16. The first-order valence-corrected chi connectivity index (χ1v) is 10.3. The summed E-state index contributed by atoms with van der Waals surface area (Å²) in [5, 5.41) is 32.3. The van der Waals surface area contributed by atoms with E-state index in [2.05, 4.69) is 15.0 Å². The maximum atomic E-state index is 10.6. The Labute approximate surface area is 154 Å². The zero-order valence-corrected chi connectivity index (χ0v) is 15.3. The predicted octanol–water partition coefficient (Wildman–Crippen LogP) is -2.96. The van der Waals surface area contributed by atoms with E-state index in [-0.39, 0.29) is 20.8 Å². The van der Waals surface area contributed by atoms with Crippen LogP contribution >= 0.6 is 0 Å². The molecule has 0 aromatic carbocycles. The number of aliphatic hydroxyl groups excluding tert-OH is 2. The summed E-state index contributed by atoms with van der Waals surface area (Å²) < 4.78 is 7.32. The summed E-state index contributed by atoms with van der Waals surface area (Å²) in [6.45, 7) is 0. The molecule has 1 aliphatic rings. The monoisotopic (exact) mass is 431 g/mol. The van der Waals surface area contributed by atoms with Crippen LogP contribution in [0.2, 0.25) is 10.6 Å². The minimum absolute atomic E-state index is 0.00304. The van der Waals surface area contributed by atoms with Gasteiger partial charge in [0.2, 0.25) is 0 Å². The zero-order chi connectivity index (χ0) is 18.8. The number of carboxylic acids is 1. The summed E-state index contributed by atoms with van der Waals surface area (Å²) in [7, 11) is 0. The van der Waals surface area contributed by atoms with Crippen LogP contribution in [0, 0.1) is 0 Å². The van der Waals surface area contributed by atoms with Crippen LogP contribution in [0.15, 0.2) is 12.7 Å². The van der Waals surface area contributed by atoms with Crippen molar-refractivity contribution >= 4 is 37.9 Å². The molecule has 11 nitrogen and oxygen atoms in total. The number of imidazole rings is 1. The Morgan fingerprint density at radius 1 is 1.38 bits per heavy atom. The fourth-order valence-electron chi connectivity index (χ4n) is 2.68. The summed E-state index contributed by atoms with van der Waals surface area (Å²) in [5.74, 6) is -1.06. The van der Waals surface area contributed by atoms with Gasteiger partial charge in [0.1, 0.15) is 0 Å². The first-order chi connectivity index (χ1) is 12.4. The predicted molar refractivity (Wildman–Crippen MR) is 88.6 cm³/mol. The number of fused-ring (bicyclic) bond motifs is 1. The van der Waals surface area contributed by atoms with Gasteiger partial charge in [-0.15, -0.1) is 0 Å². The molecule has 0 spiro atoms. The van der Waals surface area contributed by atoms with Gasteiger partial charge in [-0.05, 0) is 0 Å². The topological polar surface area (TPSA) is 185 Å². The average molecular weight is 430 g/mol. The number of hydrogen-bond acceptors (Lipinski definition) is 10. The van der Waals surface area contributed by atoms with Gasteiger partial charge in [-0.3, -0.25) is 0 Å². The molecule has 3 rings (SSSR count). The van der Waals surface area contributed by atoms with E-state index in [1.165, 1.54) is 17.2 Å². The molecule has 0 aliphatic carbocycles. The number of carbonyl (C=O) groups is 1. The molecule has 6 N–H and O–H groups in total. The number of aliphatic carboxylic acids is 1. The number of anilines is 1. The number of carbonyl (C=O) groups excluding carboxylic acids is 1. The number of aliphatic hydroxyl groups is 2. The van der Waals surface area contributed by atoms with Crippen molar-refractivity contribution in [2.75, 3.05) is 5.73 Å². The molecule has 2 aromatic rings. The molecule has 1 fully saturated rings. The van der Waals surface area contributed by atoms with Gasteiger partial charge in [-0.2, -0.15) is 0 Å². The van der Waals surface area contributed by atoms with Crippen molar-refractivity contribution in [2.24, 2.45) is 5.73 Å². The number of nitrogens with zero attached hydrogens (tertiary/aromatic N) is 4. The van der Waals surface area contributed by atoms with E-state index in [1.54, 1.807) is 0 Å². The molecule has 142 valence electrons. The summed E-state index contributed by atoms with van der Waals surface area (Å²) >= 11 is -0.00304. The molecule has 5 atom stereocenters. The van der Waals surface area contributed by atoms with Crippen LogP contribution in [0.1, 0.15) is 12.6 Å². The van der Waals surface area contributed by atoms with Gasteiger partial charge in [0.05, 0.1) is 0 Å². The standard InChI is InChI=1S/C14H20N6O5Se/c15-6(14(23)24)1-2-26-3-7-9(21)10(22)13(25-7)20-5-19-8-11(16)17-4-18-12(8)20/h4-7,9-10,13,21-22H,1-3,15H2,(H,23,24)(H2,16,17,18)/p-1/t6-,7+,9+,10+,13+/m0/s1. The van der Waals surface area contributed by atoms with Crippen molar-refractivity contribution in [3.63, 3.8) is 0 Å². The van der Waals surface area contributed by atoms with Gasteiger partial charge in [0.25, 0.3) is 0 Å². The third kappa shape index (κ3) is 3.65. The van der Waals surface area contributed by atoms with Crippen LogP contribution in [0.4, 0.5) is 5.82 Å². The van der Waals surface area contributed by atoms with Crippen LogP contribution in [-0.4, -0.2) is 75.0 Å². The third-order valence-corrected chi connectivity index (χ3v) is 6.44. The number of nitrogens with two attached hydrogens (primary N) is 2. The van der Waals surface area contributed by atoms with Crippen LogP contribution in [0.3, 0.4) is 0 Å². The van der Waals surface area contributed by atoms with Crippen molar-refractivity contribution in [3.8, 4) is 0 Å². The number of aromatic nitrogens is 4. The summed E-state index contributed by atoms with van der Waals surface area (Å²) in [6, 6.07) is -0.993. The quantitative estimate of drug-likeness (QED) is 0.261. The molecule has 1 saturated heterocycles. The second-order valence-corrected chi connectivity index (χ2v) is 8.33. The van der Waals surface area contributed by atoms with E-state index < -0.39 is 36.6 Å². The Kier molecular flexibility index (Phi) is 5.70. The number of nitrogen functional groups attached to an aromatic ring is 1. The number of ether oxygens (including phenoxy) is 1. The van der Waals surface area contributed by atoms with Crippen molar-refractivity contribution in [3.05, 3.63) is 12.7 Å². The van der Waals surface area contributed by atoms with Crippen molar-refractivity contribution in [2.45, 2.75) is 47.6 Å². The average Bonchev–Trinajstić information content (AvgIpc) is 3.15. The van der Waals surface area contributed by atoms with Crippen LogP contribution in [0.25, 0.3) is 11.2 Å². The molecular formula is C14H19N6O5Se-. The Bertz CT molecular complexity index is 788. The SMILES string of the molecule is Nc1ncnc2c1ncn2[C@@H]1O[C@H](C[Se]CC[C@H](N)C(=O)[O-])[C@@H](O)[C@H]1O. The Hall–Kier alpha value is -1.82. The Balaban J connectivity index is 1.64. The zero-order valence-electron chi connectivity index (χ0n) is 13.6. The van der Waals surface area contributed by atoms with Crippen molar-refractivity contribution in [1.29, 1.82) is 0 Å². The molecule has 0 unspecified atom stereocenters. The van der Waals surface area contributed by atoms with Crippen molar-refractivity contribution in [1.82, 2.24) is 19.5 Å². The van der Waals surface area contributed by atoms with Crippen LogP contribution < -0.4 is 16.6 Å². The molecule has 3 heterocycles. The van der Waals surface area contributed by atoms with Gasteiger partial charge >= 0.3 is 154 Å². The molecule has 0 amide bonds. The molecule has 0 radical (unpaired) electrons.